The zero-order chi connectivity index (χ0) is 24.9. The quantitative estimate of drug-likeness (QED) is 0.425. The van der Waals surface area contributed by atoms with E-state index in [0.717, 1.165) is 28.6 Å². The maximum absolute atomic E-state index is 12.6. The van der Waals surface area contributed by atoms with E-state index in [9.17, 15) is 19.5 Å². The highest BCUT2D eigenvalue weighted by atomic mass is 16.5. The average Bonchev–Trinajstić information content (AvgIpc) is 3.47. The molecule has 9 nitrogen and oxygen atoms in total. The molecule has 9 heteroatoms. The smallest absolute Gasteiger partial charge is 0.407 e. The standard InChI is InChI=1S/C26H27N3O6/c1-3-15(2)22(25(31)32)29-24(30)23-21(35-14-28-23)12-27-26(33)34-13-20-18-10-6-4-8-16(18)17-9-5-7-11-19(17)20/h4-11,14-15,20,22H,3,12-13H2,1-2H3,(H,27,33)(H,29,30)(H,31,32)/t15?,22-/m0/s1. The van der Waals surface area contributed by atoms with Gasteiger partial charge in [0.2, 0.25) is 0 Å². The summed E-state index contributed by atoms with van der Waals surface area (Å²) in [6.07, 6.45) is 0.979. The molecule has 0 radical (unpaired) electrons. The van der Waals surface area contributed by atoms with Crippen molar-refractivity contribution in [3.8, 4) is 11.1 Å². The van der Waals surface area contributed by atoms with E-state index in [2.05, 4.69) is 27.8 Å². The number of oxazole rings is 1. The van der Waals surface area contributed by atoms with Gasteiger partial charge in [-0.25, -0.2) is 14.6 Å². The van der Waals surface area contributed by atoms with Crippen molar-refractivity contribution in [1.82, 2.24) is 15.6 Å². The predicted octanol–water partition coefficient (Wildman–Crippen LogP) is 3.94. The molecule has 2 amide bonds. The molecule has 1 heterocycles. The Morgan fingerprint density at radius 2 is 1.71 bits per heavy atom. The van der Waals surface area contributed by atoms with E-state index in [1.807, 2.05) is 43.3 Å². The van der Waals surface area contributed by atoms with Crippen molar-refractivity contribution in [1.29, 1.82) is 0 Å². The zero-order valence-corrected chi connectivity index (χ0v) is 19.5. The molecule has 0 aliphatic heterocycles. The Morgan fingerprint density at radius 1 is 1.09 bits per heavy atom. The fourth-order valence-corrected chi connectivity index (χ4v) is 4.28. The lowest BCUT2D eigenvalue weighted by atomic mass is 9.98. The number of fused-ring (bicyclic) bond motifs is 3. The summed E-state index contributed by atoms with van der Waals surface area (Å²) in [6.45, 7) is 3.59. The van der Waals surface area contributed by atoms with Gasteiger partial charge in [-0.2, -0.15) is 0 Å². The molecule has 0 saturated heterocycles. The third-order valence-electron chi connectivity index (χ3n) is 6.36. The lowest BCUT2D eigenvalue weighted by Gasteiger charge is -2.19. The van der Waals surface area contributed by atoms with Gasteiger partial charge in [0.05, 0.1) is 6.54 Å². The minimum Gasteiger partial charge on any atom is -0.480 e. The van der Waals surface area contributed by atoms with Crippen LogP contribution in [-0.4, -0.2) is 40.7 Å². The molecular weight excluding hydrogens is 450 g/mol. The van der Waals surface area contributed by atoms with E-state index in [0.29, 0.717) is 6.42 Å². The fraction of sp³-hybridized carbons (Fsp3) is 0.308. The van der Waals surface area contributed by atoms with Crippen molar-refractivity contribution in [2.24, 2.45) is 5.92 Å². The Bertz CT molecular complexity index is 1190. The van der Waals surface area contributed by atoms with E-state index < -0.39 is 24.0 Å². The number of carboxylic acid groups (broad SMARTS) is 1. The van der Waals surface area contributed by atoms with Crippen LogP contribution in [0.3, 0.4) is 0 Å². The Labute approximate surface area is 202 Å². The minimum atomic E-state index is -1.13. The molecule has 0 fully saturated rings. The third-order valence-corrected chi connectivity index (χ3v) is 6.36. The molecule has 0 saturated carbocycles. The SMILES string of the molecule is CCC(C)[C@H](NC(=O)c1ncoc1CNC(=O)OCC1c2ccccc2-c2ccccc21)C(=O)O. The zero-order valence-electron chi connectivity index (χ0n) is 19.5. The number of nitrogens with zero attached hydrogens (tertiary/aromatic N) is 1. The molecular formula is C26H27N3O6. The first kappa shape index (κ1) is 24.0. The van der Waals surface area contributed by atoms with Gasteiger partial charge in [0, 0.05) is 5.92 Å². The molecule has 1 aromatic heterocycles. The van der Waals surface area contributed by atoms with Crippen molar-refractivity contribution in [2.75, 3.05) is 6.61 Å². The molecule has 3 aromatic rings. The van der Waals surface area contributed by atoms with E-state index in [4.69, 9.17) is 9.15 Å². The summed E-state index contributed by atoms with van der Waals surface area (Å²) in [4.78, 5) is 40.4. The highest BCUT2D eigenvalue weighted by Crippen LogP contribution is 2.44. The summed E-state index contributed by atoms with van der Waals surface area (Å²) in [5, 5.41) is 14.5. The van der Waals surface area contributed by atoms with Crippen LogP contribution >= 0.6 is 0 Å². The van der Waals surface area contributed by atoms with E-state index in [-0.39, 0.29) is 36.4 Å². The number of ether oxygens (including phenoxy) is 1. The van der Waals surface area contributed by atoms with Crippen molar-refractivity contribution >= 4 is 18.0 Å². The number of carbonyl (C=O) groups is 3. The van der Waals surface area contributed by atoms with Crippen molar-refractivity contribution in [3.63, 3.8) is 0 Å². The van der Waals surface area contributed by atoms with Crippen LogP contribution in [0.2, 0.25) is 0 Å². The maximum atomic E-state index is 12.6. The number of nitrogens with one attached hydrogen (secondary N) is 2. The van der Waals surface area contributed by atoms with Gasteiger partial charge in [-0.05, 0) is 28.2 Å². The topological polar surface area (TPSA) is 131 Å². The van der Waals surface area contributed by atoms with Gasteiger partial charge in [-0.15, -0.1) is 0 Å². The minimum absolute atomic E-state index is 0.0757. The molecule has 0 bridgehead atoms. The van der Waals surface area contributed by atoms with Crippen LogP contribution in [0, 0.1) is 5.92 Å². The number of alkyl carbamates (subject to hydrolysis) is 1. The van der Waals surface area contributed by atoms with Crippen molar-refractivity contribution in [2.45, 2.75) is 38.8 Å². The number of hydrogen-bond acceptors (Lipinski definition) is 6. The third kappa shape index (κ3) is 5.03. The Balaban J connectivity index is 1.36. The van der Waals surface area contributed by atoms with Crippen LogP contribution < -0.4 is 10.6 Å². The number of rotatable bonds is 9. The molecule has 1 aliphatic carbocycles. The first-order chi connectivity index (χ1) is 16.9. The molecule has 1 unspecified atom stereocenters. The largest absolute Gasteiger partial charge is 0.480 e. The number of hydrogen-bond donors (Lipinski definition) is 3. The first-order valence-corrected chi connectivity index (χ1v) is 11.5. The summed E-state index contributed by atoms with van der Waals surface area (Å²) in [6, 6.07) is 15.0. The molecule has 4 rings (SSSR count). The second kappa shape index (κ2) is 10.4. The van der Waals surface area contributed by atoms with Crippen LogP contribution in [0.5, 0.6) is 0 Å². The highest BCUT2D eigenvalue weighted by molar-refractivity contribution is 5.95. The monoisotopic (exact) mass is 477 g/mol. The Hall–Kier alpha value is -4.14. The molecule has 3 N–H and O–H groups in total. The molecule has 2 aromatic carbocycles. The van der Waals surface area contributed by atoms with E-state index in [1.165, 1.54) is 0 Å². The Morgan fingerprint density at radius 3 is 2.31 bits per heavy atom. The van der Waals surface area contributed by atoms with Gasteiger partial charge in [-0.1, -0.05) is 68.8 Å². The first-order valence-electron chi connectivity index (χ1n) is 11.5. The number of amides is 2. The van der Waals surface area contributed by atoms with Crippen molar-refractivity contribution < 1.29 is 28.6 Å². The summed E-state index contributed by atoms with van der Waals surface area (Å²) in [5.41, 5.74) is 4.38. The fourth-order valence-electron chi connectivity index (χ4n) is 4.28. The number of benzene rings is 2. The van der Waals surface area contributed by atoms with Crippen LogP contribution in [0.25, 0.3) is 11.1 Å². The van der Waals surface area contributed by atoms with Gasteiger partial charge in [0.1, 0.15) is 12.6 Å². The summed E-state index contributed by atoms with van der Waals surface area (Å²) in [5.74, 6) is -2.06. The summed E-state index contributed by atoms with van der Waals surface area (Å²) >= 11 is 0. The van der Waals surface area contributed by atoms with Gasteiger partial charge in [-0.3, -0.25) is 4.79 Å². The van der Waals surface area contributed by atoms with Gasteiger partial charge in [0.25, 0.3) is 5.91 Å². The molecule has 0 spiro atoms. The normalized spacial score (nSPS) is 13.9. The second-order valence-corrected chi connectivity index (χ2v) is 8.48. The Kier molecular flexibility index (Phi) is 7.14. The number of aliphatic carboxylic acids is 1. The van der Waals surface area contributed by atoms with Crippen molar-refractivity contribution in [3.05, 3.63) is 77.5 Å². The van der Waals surface area contributed by atoms with Gasteiger partial charge >= 0.3 is 12.1 Å². The number of carboxylic acids is 1. The summed E-state index contributed by atoms with van der Waals surface area (Å²) < 4.78 is 10.7. The number of carbonyl (C=O) groups excluding carboxylic acids is 2. The van der Waals surface area contributed by atoms with Crippen LogP contribution in [0.15, 0.2) is 59.3 Å². The second-order valence-electron chi connectivity index (χ2n) is 8.48. The molecule has 182 valence electrons. The lowest BCUT2D eigenvalue weighted by Crippen LogP contribution is -2.45. The average molecular weight is 478 g/mol. The molecule has 35 heavy (non-hydrogen) atoms. The molecule has 2 atom stereocenters. The van der Waals surface area contributed by atoms with Crippen LogP contribution in [0.4, 0.5) is 4.79 Å². The highest BCUT2D eigenvalue weighted by Gasteiger charge is 2.30. The summed E-state index contributed by atoms with van der Waals surface area (Å²) in [7, 11) is 0. The number of aromatic nitrogens is 1. The predicted molar refractivity (Wildman–Crippen MR) is 127 cm³/mol. The van der Waals surface area contributed by atoms with E-state index in [1.54, 1.807) is 6.92 Å². The van der Waals surface area contributed by atoms with Crippen LogP contribution in [0.1, 0.15) is 53.6 Å². The van der Waals surface area contributed by atoms with E-state index >= 15 is 0 Å². The van der Waals surface area contributed by atoms with Crippen LogP contribution in [-0.2, 0) is 16.1 Å². The molecule has 1 aliphatic rings. The maximum Gasteiger partial charge on any atom is 0.407 e. The lowest BCUT2D eigenvalue weighted by molar-refractivity contribution is -0.140. The van der Waals surface area contributed by atoms with Gasteiger partial charge in [0.15, 0.2) is 17.8 Å². The van der Waals surface area contributed by atoms with Gasteiger partial charge < -0.3 is 24.9 Å².